The quantitative estimate of drug-likeness (QED) is 0.520. The molecule has 1 saturated heterocycles. The molecule has 2 N–H and O–H groups in total. The number of nitrogens with one attached hydrogen (secondary N) is 1. The van der Waals surface area contributed by atoms with Crippen LogP contribution in [0.3, 0.4) is 0 Å². The summed E-state index contributed by atoms with van der Waals surface area (Å²) in [5.74, 6) is 0.283. The number of pyridine rings is 2. The number of nitrogens with zero attached hydrogens (tertiary/aromatic N) is 2. The molecule has 0 unspecified atom stereocenters. The summed E-state index contributed by atoms with van der Waals surface area (Å²) in [4.78, 5) is 8.61. The van der Waals surface area contributed by atoms with E-state index in [1.165, 1.54) is 12.1 Å². The third-order valence-electron chi connectivity index (χ3n) is 5.31. The van der Waals surface area contributed by atoms with Gasteiger partial charge in [0.25, 0.3) is 10.0 Å². The Labute approximate surface area is 197 Å². The van der Waals surface area contributed by atoms with Crippen molar-refractivity contribution in [3.8, 4) is 17.1 Å². The molecule has 2 aromatic heterocycles. The molecule has 3 heterocycles. The first kappa shape index (κ1) is 23.4. The van der Waals surface area contributed by atoms with Gasteiger partial charge in [0, 0.05) is 18.1 Å². The van der Waals surface area contributed by atoms with Gasteiger partial charge in [0.1, 0.15) is 11.9 Å². The van der Waals surface area contributed by atoms with Crippen molar-refractivity contribution in [2.24, 2.45) is 0 Å². The largest absolute Gasteiger partial charge is 0.472 e. The predicted octanol–water partition coefficient (Wildman–Crippen LogP) is 3.74. The highest BCUT2D eigenvalue weighted by Gasteiger charge is 2.27. The number of aryl methyl sites for hydroxylation is 2. The summed E-state index contributed by atoms with van der Waals surface area (Å²) >= 11 is 6.39. The van der Waals surface area contributed by atoms with Crippen LogP contribution < -0.4 is 9.46 Å². The topological polar surface area (TPSA) is 111 Å². The number of anilines is 1. The maximum absolute atomic E-state index is 13.0. The van der Waals surface area contributed by atoms with Crippen molar-refractivity contribution in [3.63, 3.8) is 0 Å². The Morgan fingerprint density at radius 2 is 1.85 bits per heavy atom. The van der Waals surface area contributed by atoms with Crippen molar-refractivity contribution in [2.75, 3.05) is 17.9 Å². The van der Waals surface area contributed by atoms with Crippen molar-refractivity contribution >= 4 is 27.4 Å². The number of aliphatic hydroxyl groups excluding tert-OH is 1. The normalized spacial score (nSPS) is 18.3. The van der Waals surface area contributed by atoms with E-state index >= 15 is 0 Å². The number of rotatable bonds is 7. The highest BCUT2D eigenvalue weighted by molar-refractivity contribution is 7.92. The molecule has 0 bridgehead atoms. The predicted molar refractivity (Wildman–Crippen MR) is 125 cm³/mol. The number of ether oxygens (including phenoxy) is 2. The summed E-state index contributed by atoms with van der Waals surface area (Å²) in [5.41, 5.74) is 3.32. The summed E-state index contributed by atoms with van der Waals surface area (Å²) < 4.78 is 39.6. The lowest BCUT2D eigenvalue weighted by molar-refractivity contribution is 0.0531. The Balaban J connectivity index is 1.57. The van der Waals surface area contributed by atoms with Crippen LogP contribution in [0.25, 0.3) is 11.3 Å². The Bertz CT molecular complexity index is 1250. The van der Waals surface area contributed by atoms with Gasteiger partial charge in [-0.15, -0.1) is 0 Å². The molecule has 8 nitrogen and oxygen atoms in total. The van der Waals surface area contributed by atoms with Crippen LogP contribution in [0, 0.1) is 13.8 Å². The Morgan fingerprint density at radius 1 is 1.12 bits per heavy atom. The van der Waals surface area contributed by atoms with Crippen molar-refractivity contribution < 1.29 is 23.0 Å². The number of sulfonamides is 1. The van der Waals surface area contributed by atoms with E-state index in [1.807, 2.05) is 32.0 Å². The van der Waals surface area contributed by atoms with Gasteiger partial charge in [-0.1, -0.05) is 35.9 Å². The van der Waals surface area contributed by atoms with Crippen molar-refractivity contribution in [3.05, 3.63) is 64.7 Å². The fourth-order valence-electron chi connectivity index (χ4n) is 3.72. The first-order valence-corrected chi connectivity index (χ1v) is 12.2. The lowest BCUT2D eigenvalue weighted by Gasteiger charge is -2.14. The van der Waals surface area contributed by atoms with Crippen molar-refractivity contribution in [1.29, 1.82) is 0 Å². The minimum atomic E-state index is -4.03. The molecule has 0 amide bonds. The van der Waals surface area contributed by atoms with E-state index in [9.17, 15) is 13.5 Å². The molecule has 174 valence electrons. The molecule has 1 aliphatic rings. The second-order valence-electron chi connectivity index (χ2n) is 7.83. The zero-order valence-electron chi connectivity index (χ0n) is 18.2. The molecule has 0 saturated carbocycles. The second-order valence-corrected chi connectivity index (χ2v) is 9.86. The molecule has 1 fully saturated rings. The molecule has 0 aliphatic carbocycles. The average molecular weight is 490 g/mol. The van der Waals surface area contributed by atoms with Crippen LogP contribution in [0.1, 0.15) is 17.5 Å². The maximum Gasteiger partial charge on any atom is 0.280 e. The zero-order chi connectivity index (χ0) is 23.6. The summed E-state index contributed by atoms with van der Waals surface area (Å²) in [7, 11) is -4.03. The first-order chi connectivity index (χ1) is 15.8. The van der Waals surface area contributed by atoms with E-state index in [0.29, 0.717) is 23.7 Å². The van der Waals surface area contributed by atoms with Gasteiger partial charge in [0.2, 0.25) is 5.88 Å². The van der Waals surface area contributed by atoms with Crippen LogP contribution in [-0.2, 0) is 14.8 Å². The fraction of sp³-hybridized carbons (Fsp3) is 0.304. The lowest BCUT2D eigenvalue weighted by Crippen LogP contribution is -2.19. The third kappa shape index (κ3) is 5.27. The zero-order valence-corrected chi connectivity index (χ0v) is 19.7. The van der Waals surface area contributed by atoms with E-state index in [2.05, 4.69) is 14.7 Å². The monoisotopic (exact) mass is 489 g/mol. The molecule has 10 heteroatoms. The van der Waals surface area contributed by atoms with Gasteiger partial charge < -0.3 is 14.6 Å². The van der Waals surface area contributed by atoms with Crippen LogP contribution in [0.15, 0.2) is 53.6 Å². The number of hydrogen-bond donors (Lipinski definition) is 2. The standard InChI is InChI=1S/C23H24ClN3O5S/c1-14-5-3-6-15(2)22(14)23-18(24)9-10-19(25-23)27-33(29,30)21-8-4-7-20(26-21)32-17-11-16(12-28)31-13-17/h3-10,16-17,28H,11-13H2,1-2H3,(H,25,27)/t16-,17-/m0/s1. The van der Waals surface area contributed by atoms with Gasteiger partial charge in [0.15, 0.2) is 5.03 Å². The second kappa shape index (κ2) is 9.64. The Hall–Kier alpha value is -2.72. The van der Waals surface area contributed by atoms with Gasteiger partial charge in [-0.2, -0.15) is 13.4 Å². The number of benzene rings is 1. The molecule has 1 aliphatic heterocycles. The summed E-state index contributed by atoms with van der Waals surface area (Å²) in [6, 6.07) is 13.4. The smallest absolute Gasteiger partial charge is 0.280 e. The van der Waals surface area contributed by atoms with E-state index in [4.69, 9.17) is 21.1 Å². The Kier molecular flexibility index (Phi) is 6.85. The van der Waals surface area contributed by atoms with Gasteiger partial charge in [-0.05, 0) is 43.2 Å². The number of hydrogen-bond acceptors (Lipinski definition) is 7. The van der Waals surface area contributed by atoms with Gasteiger partial charge in [-0.25, -0.2) is 4.98 Å². The number of aromatic nitrogens is 2. The lowest BCUT2D eigenvalue weighted by atomic mass is 9.99. The van der Waals surface area contributed by atoms with Gasteiger partial charge in [0.05, 0.1) is 30.0 Å². The SMILES string of the molecule is Cc1cccc(C)c1-c1nc(NS(=O)(=O)c2cccc(O[C@@H]3CO[C@H](CO)C3)n2)ccc1Cl. The summed E-state index contributed by atoms with van der Waals surface area (Å²) in [6.07, 6.45) is -0.0903. The van der Waals surface area contributed by atoms with Gasteiger partial charge >= 0.3 is 0 Å². The third-order valence-corrected chi connectivity index (χ3v) is 6.87. The minimum Gasteiger partial charge on any atom is -0.472 e. The number of halogens is 1. The van der Waals surface area contributed by atoms with Crippen LogP contribution >= 0.6 is 11.6 Å². The van der Waals surface area contributed by atoms with Crippen LogP contribution in [0.5, 0.6) is 5.88 Å². The van der Waals surface area contributed by atoms with E-state index < -0.39 is 10.0 Å². The first-order valence-electron chi connectivity index (χ1n) is 10.4. The molecular formula is C23H24ClN3O5S. The molecule has 1 aromatic carbocycles. The van der Waals surface area contributed by atoms with Crippen LogP contribution in [0.4, 0.5) is 5.82 Å². The van der Waals surface area contributed by atoms with E-state index in [0.717, 1.165) is 16.7 Å². The summed E-state index contributed by atoms with van der Waals surface area (Å²) in [6.45, 7) is 4.11. The maximum atomic E-state index is 13.0. The molecule has 3 aromatic rings. The molecule has 0 radical (unpaired) electrons. The van der Waals surface area contributed by atoms with Gasteiger partial charge in [-0.3, -0.25) is 4.72 Å². The van der Waals surface area contributed by atoms with E-state index in [1.54, 1.807) is 18.2 Å². The van der Waals surface area contributed by atoms with Crippen molar-refractivity contribution in [1.82, 2.24) is 9.97 Å². The molecule has 0 spiro atoms. The van der Waals surface area contributed by atoms with Crippen LogP contribution in [-0.4, -0.2) is 48.9 Å². The fourth-order valence-corrected chi connectivity index (χ4v) is 4.88. The Morgan fingerprint density at radius 3 is 2.55 bits per heavy atom. The molecule has 33 heavy (non-hydrogen) atoms. The molecule has 4 rings (SSSR count). The van der Waals surface area contributed by atoms with Crippen molar-refractivity contribution in [2.45, 2.75) is 37.5 Å². The van der Waals surface area contributed by atoms with Crippen LogP contribution in [0.2, 0.25) is 5.02 Å². The average Bonchev–Trinajstić information content (AvgIpc) is 3.23. The number of aliphatic hydroxyl groups is 1. The summed E-state index contributed by atoms with van der Waals surface area (Å²) in [5, 5.41) is 9.40. The molecule has 2 atom stereocenters. The minimum absolute atomic E-state index is 0.0935. The molecular weight excluding hydrogens is 466 g/mol. The highest BCUT2D eigenvalue weighted by Crippen LogP contribution is 2.32. The van der Waals surface area contributed by atoms with E-state index in [-0.39, 0.29) is 35.5 Å². The highest BCUT2D eigenvalue weighted by atomic mass is 35.5.